The molecule has 0 saturated carbocycles. The number of carboxylic acid groups (broad SMARTS) is 1. The monoisotopic (exact) mass is 261 g/mol. The van der Waals surface area contributed by atoms with Crippen molar-refractivity contribution in [2.45, 2.75) is 19.4 Å². The number of amides is 1. The van der Waals surface area contributed by atoms with E-state index in [2.05, 4.69) is 5.32 Å². The molecule has 1 aromatic rings. The molecule has 0 saturated heterocycles. The van der Waals surface area contributed by atoms with Gasteiger partial charge in [0.15, 0.2) is 17.5 Å². The summed E-state index contributed by atoms with van der Waals surface area (Å²) >= 11 is 0. The van der Waals surface area contributed by atoms with E-state index < -0.39 is 35.4 Å². The molecule has 0 aliphatic heterocycles. The second-order valence-electron chi connectivity index (χ2n) is 3.67. The predicted octanol–water partition coefficient (Wildman–Crippen LogP) is 1.24. The zero-order valence-corrected chi connectivity index (χ0v) is 9.34. The van der Waals surface area contributed by atoms with E-state index in [0.717, 1.165) is 6.92 Å². The number of carbonyl (C=O) groups excluding carboxylic acids is 1. The number of aliphatic carboxylic acids is 1. The third-order valence-corrected chi connectivity index (χ3v) is 2.16. The molecule has 1 aromatic carbocycles. The molecular weight excluding hydrogens is 251 g/mol. The number of halogens is 3. The van der Waals surface area contributed by atoms with Crippen molar-refractivity contribution in [2.24, 2.45) is 0 Å². The average molecular weight is 261 g/mol. The number of hydrogen-bond donors (Lipinski definition) is 2. The van der Waals surface area contributed by atoms with Crippen LogP contribution in [0.1, 0.15) is 12.5 Å². The quantitative estimate of drug-likeness (QED) is 0.801. The largest absolute Gasteiger partial charge is 0.480 e. The van der Waals surface area contributed by atoms with Crippen LogP contribution in [-0.4, -0.2) is 23.0 Å². The maximum absolute atomic E-state index is 12.9. The summed E-state index contributed by atoms with van der Waals surface area (Å²) in [6.45, 7) is 1.11. The number of rotatable bonds is 4. The lowest BCUT2D eigenvalue weighted by Crippen LogP contribution is -2.41. The van der Waals surface area contributed by atoms with E-state index >= 15 is 0 Å². The Hall–Kier alpha value is -2.05. The van der Waals surface area contributed by atoms with Crippen LogP contribution in [-0.2, 0) is 16.0 Å². The van der Waals surface area contributed by atoms with Crippen LogP contribution in [0.5, 0.6) is 0 Å². The van der Waals surface area contributed by atoms with Crippen molar-refractivity contribution >= 4 is 11.9 Å². The molecule has 18 heavy (non-hydrogen) atoms. The Morgan fingerprint density at radius 1 is 1.28 bits per heavy atom. The van der Waals surface area contributed by atoms with E-state index in [1.165, 1.54) is 0 Å². The zero-order valence-electron chi connectivity index (χ0n) is 9.34. The molecule has 0 fully saturated rings. The summed E-state index contributed by atoms with van der Waals surface area (Å²) in [5, 5.41) is 10.9. The second kappa shape index (κ2) is 5.52. The molecule has 4 nitrogen and oxygen atoms in total. The highest BCUT2D eigenvalue weighted by molar-refractivity contribution is 5.82. The van der Waals surface area contributed by atoms with Gasteiger partial charge < -0.3 is 10.4 Å². The number of carbonyl (C=O) groups is 2. The topological polar surface area (TPSA) is 66.4 Å². The fourth-order valence-electron chi connectivity index (χ4n) is 1.41. The summed E-state index contributed by atoms with van der Waals surface area (Å²) in [5.41, 5.74) is -0.0625. The normalized spacial score (nSPS) is 12.0. The lowest BCUT2D eigenvalue weighted by molar-refractivity contribution is -0.141. The van der Waals surface area contributed by atoms with Crippen molar-refractivity contribution in [1.29, 1.82) is 0 Å². The van der Waals surface area contributed by atoms with Crippen LogP contribution < -0.4 is 5.32 Å². The summed E-state index contributed by atoms with van der Waals surface area (Å²) in [6.07, 6.45) is -0.344. The standard InChI is InChI=1S/C11H10F3NO3/c1-5(16)15-9(11(17)18)4-6-2-7(12)10(14)8(13)3-6/h2-3,9H,4H2,1H3,(H,15,16)(H,17,18)/t9-/m1/s1. The van der Waals surface area contributed by atoms with Crippen LogP contribution in [0, 0.1) is 17.5 Å². The Bertz CT molecular complexity index is 467. The summed E-state index contributed by atoms with van der Waals surface area (Å²) < 4.78 is 38.5. The molecule has 98 valence electrons. The Kier molecular flexibility index (Phi) is 4.30. The van der Waals surface area contributed by atoms with Gasteiger partial charge in [0.25, 0.3) is 0 Å². The first kappa shape index (κ1) is 14.0. The lowest BCUT2D eigenvalue weighted by Gasteiger charge is -2.13. The van der Waals surface area contributed by atoms with Crippen molar-refractivity contribution < 1.29 is 27.9 Å². The zero-order chi connectivity index (χ0) is 13.9. The van der Waals surface area contributed by atoms with Crippen molar-refractivity contribution in [3.63, 3.8) is 0 Å². The van der Waals surface area contributed by atoms with Gasteiger partial charge in [0.2, 0.25) is 5.91 Å². The molecule has 0 aliphatic rings. The average Bonchev–Trinajstić information content (AvgIpc) is 2.24. The highest BCUT2D eigenvalue weighted by Gasteiger charge is 2.20. The van der Waals surface area contributed by atoms with Gasteiger partial charge >= 0.3 is 5.97 Å². The van der Waals surface area contributed by atoms with E-state index in [1.54, 1.807) is 0 Å². The smallest absolute Gasteiger partial charge is 0.326 e. The Morgan fingerprint density at radius 2 is 1.78 bits per heavy atom. The number of hydrogen-bond acceptors (Lipinski definition) is 2. The summed E-state index contributed by atoms with van der Waals surface area (Å²) in [7, 11) is 0. The number of carboxylic acids is 1. The molecule has 0 aliphatic carbocycles. The first-order chi connectivity index (χ1) is 8.31. The third kappa shape index (κ3) is 3.47. The van der Waals surface area contributed by atoms with E-state index in [0.29, 0.717) is 12.1 Å². The van der Waals surface area contributed by atoms with Crippen molar-refractivity contribution in [3.05, 3.63) is 35.1 Å². The van der Waals surface area contributed by atoms with Gasteiger partial charge in [-0.3, -0.25) is 4.79 Å². The molecule has 0 bridgehead atoms. The van der Waals surface area contributed by atoms with Crippen LogP contribution in [0.2, 0.25) is 0 Å². The number of benzene rings is 1. The van der Waals surface area contributed by atoms with Gasteiger partial charge in [0.05, 0.1) is 0 Å². The SMILES string of the molecule is CC(=O)N[C@H](Cc1cc(F)c(F)c(F)c1)C(=O)O. The Labute approximate surface area is 100 Å². The van der Waals surface area contributed by atoms with E-state index in [9.17, 15) is 22.8 Å². The lowest BCUT2D eigenvalue weighted by atomic mass is 10.1. The maximum atomic E-state index is 12.9. The minimum atomic E-state index is -1.62. The molecule has 0 heterocycles. The van der Waals surface area contributed by atoms with Gasteiger partial charge in [-0.1, -0.05) is 0 Å². The molecule has 0 spiro atoms. The van der Waals surface area contributed by atoms with Gasteiger partial charge in [-0.15, -0.1) is 0 Å². The summed E-state index contributed by atoms with van der Waals surface area (Å²) in [5.74, 6) is -6.38. The Balaban J connectivity index is 2.94. The van der Waals surface area contributed by atoms with Gasteiger partial charge in [-0.05, 0) is 17.7 Å². The van der Waals surface area contributed by atoms with Gasteiger partial charge in [0.1, 0.15) is 6.04 Å². The van der Waals surface area contributed by atoms with Crippen LogP contribution in [0.25, 0.3) is 0 Å². The molecule has 1 amide bonds. The molecule has 1 atom stereocenters. The molecule has 0 radical (unpaired) electrons. The van der Waals surface area contributed by atoms with E-state index in [4.69, 9.17) is 5.11 Å². The van der Waals surface area contributed by atoms with Gasteiger partial charge in [0, 0.05) is 13.3 Å². The van der Waals surface area contributed by atoms with E-state index in [-0.39, 0.29) is 12.0 Å². The Morgan fingerprint density at radius 3 is 2.17 bits per heavy atom. The van der Waals surface area contributed by atoms with E-state index in [1.807, 2.05) is 0 Å². The summed E-state index contributed by atoms with van der Waals surface area (Å²) in [4.78, 5) is 21.6. The molecule has 0 aromatic heterocycles. The number of nitrogens with one attached hydrogen (secondary N) is 1. The first-order valence-corrected chi connectivity index (χ1v) is 4.94. The summed E-state index contributed by atoms with van der Waals surface area (Å²) in [6, 6.07) is 0.0542. The van der Waals surface area contributed by atoms with Crippen molar-refractivity contribution in [2.75, 3.05) is 0 Å². The fourth-order valence-corrected chi connectivity index (χ4v) is 1.41. The highest BCUT2D eigenvalue weighted by Crippen LogP contribution is 2.15. The minimum Gasteiger partial charge on any atom is -0.480 e. The third-order valence-electron chi connectivity index (χ3n) is 2.16. The molecule has 0 unspecified atom stereocenters. The van der Waals surface area contributed by atoms with Crippen molar-refractivity contribution in [1.82, 2.24) is 5.32 Å². The van der Waals surface area contributed by atoms with Crippen LogP contribution in [0.15, 0.2) is 12.1 Å². The maximum Gasteiger partial charge on any atom is 0.326 e. The van der Waals surface area contributed by atoms with Crippen LogP contribution in [0.4, 0.5) is 13.2 Å². The molecular formula is C11H10F3NO3. The fraction of sp³-hybridized carbons (Fsp3) is 0.273. The highest BCUT2D eigenvalue weighted by atomic mass is 19.2. The predicted molar refractivity (Wildman–Crippen MR) is 55.3 cm³/mol. The van der Waals surface area contributed by atoms with Gasteiger partial charge in [-0.25, -0.2) is 18.0 Å². The van der Waals surface area contributed by atoms with Gasteiger partial charge in [-0.2, -0.15) is 0 Å². The molecule has 2 N–H and O–H groups in total. The van der Waals surface area contributed by atoms with Crippen LogP contribution >= 0.6 is 0 Å². The van der Waals surface area contributed by atoms with Crippen LogP contribution in [0.3, 0.4) is 0 Å². The second-order valence-corrected chi connectivity index (χ2v) is 3.67. The van der Waals surface area contributed by atoms with Crippen molar-refractivity contribution in [3.8, 4) is 0 Å². The minimum absolute atomic E-state index is 0.0625. The first-order valence-electron chi connectivity index (χ1n) is 4.94. The molecule has 1 rings (SSSR count). The molecule has 7 heteroatoms.